The van der Waals surface area contributed by atoms with Crippen molar-refractivity contribution in [1.82, 2.24) is 19.6 Å². The highest BCUT2D eigenvalue weighted by Gasteiger charge is 2.62. The largest absolute Gasteiger partial charge is 0.444 e. The molecule has 1 aliphatic heterocycles. The number of ether oxygens (including phenoxy) is 1. The molecule has 5 rings (SSSR count). The summed E-state index contributed by atoms with van der Waals surface area (Å²) in [5.74, 6) is 1.84. The Hall–Kier alpha value is -2.57. The molecule has 2 aromatic heterocycles. The van der Waals surface area contributed by atoms with E-state index in [2.05, 4.69) is 29.6 Å². The third-order valence-corrected chi connectivity index (χ3v) is 7.17. The molecular formula is C24H32N4O3. The fourth-order valence-electron chi connectivity index (χ4n) is 5.28. The van der Waals surface area contributed by atoms with Crippen LogP contribution in [0.2, 0.25) is 0 Å². The van der Waals surface area contributed by atoms with Gasteiger partial charge >= 0.3 is 6.09 Å². The number of nitrogens with one attached hydrogen (secondary N) is 1. The van der Waals surface area contributed by atoms with Crippen molar-refractivity contribution in [3.63, 3.8) is 0 Å². The average molecular weight is 425 g/mol. The van der Waals surface area contributed by atoms with Gasteiger partial charge in [0.2, 0.25) is 5.91 Å². The van der Waals surface area contributed by atoms with Gasteiger partial charge in [0.25, 0.3) is 0 Å². The highest BCUT2D eigenvalue weighted by atomic mass is 16.6. The van der Waals surface area contributed by atoms with Crippen LogP contribution in [0.25, 0.3) is 5.52 Å². The van der Waals surface area contributed by atoms with E-state index in [9.17, 15) is 9.59 Å². The van der Waals surface area contributed by atoms with Crippen molar-refractivity contribution in [3.8, 4) is 0 Å². The zero-order valence-corrected chi connectivity index (χ0v) is 19.0. The summed E-state index contributed by atoms with van der Waals surface area (Å²) in [6.07, 6.45) is 5.85. The van der Waals surface area contributed by atoms with Gasteiger partial charge in [-0.2, -0.15) is 0 Å². The Kier molecular flexibility index (Phi) is 4.40. The van der Waals surface area contributed by atoms with Crippen LogP contribution in [0.5, 0.6) is 0 Å². The first-order valence-corrected chi connectivity index (χ1v) is 11.3. The summed E-state index contributed by atoms with van der Waals surface area (Å²) in [7, 11) is 0. The molecule has 0 radical (unpaired) electrons. The minimum absolute atomic E-state index is 0.0234. The van der Waals surface area contributed by atoms with E-state index >= 15 is 0 Å². The summed E-state index contributed by atoms with van der Waals surface area (Å²) < 4.78 is 7.60. The van der Waals surface area contributed by atoms with Gasteiger partial charge < -0.3 is 19.4 Å². The lowest BCUT2D eigenvalue weighted by molar-refractivity contribution is -0.125. The van der Waals surface area contributed by atoms with Crippen LogP contribution >= 0.6 is 0 Å². The molecule has 166 valence electrons. The van der Waals surface area contributed by atoms with E-state index in [4.69, 9.17) is 9.72 Å². The number of carbonyl (C=O) groups is 2. The number of hydrogen-bond donors (Lipinski definition) is 1. The Balaban J connectivity index is 1.29. The lowest BCUT2D eigenvalue weighted by Gasteiger charge is -2.31. The molecule has 7 nitrogen and oxygen atoms in total. The molecule has 0 spiro atoms. The molecule has 1 unspecified atom stereocenters. The SMILES string of the molecule is Cc1cccn2c(C(C)(NC(=O)[C@H]3[C@@H]4CN(C(=O)OC(C)(C)C)C[C@@H]43)C3CC3)ncc12. The quantitative estimate of drug-likeness (QED) is 0.815. The summed E-state index contributed by atoms with van der Waals surface area (Å²) in [5, 5.41) is 3.39. The Bertz CT molecular complexity index is 1040. The molecule has 3 heterocycles. The van der Waals surface area contributed by atoms with Gasteiger partial charge in [0.15, 0.2) is 0 Å². The van der Waals surface area contributed by atoms with E-state index in [1.165, 1.54) is 5.56 Å². The number of hydrogen-bond acceptors (Lipinski definition) is 4. The Morgan fingerprint density at radius 3 is 2.45 bits per heavy atom. The van der Waals surface area contributed by atoms with Gasteiger partial charge in [-0.05, 0) is 76.8 Å². The van der Waals surface area contributed by atoms with Crippen LogP contribution in [0.15, 0.2) is 24.5 Å². The minimum atomic E-state index is -0.502. The van der Waals surface area contributed by atoms with Crippen LogP contribution < -0.4 is 5.32 Å². The van der Waals surface area contributed by atoms with Gasteiger partial charge in [-0.15, -0.1) is 0 Å². The first kappa shape index (κ1) is 20.3. The molecule has 2 aliphatic carbocycles. The topological polar surface area (TPSA) is 75.9 Å². The first-order valence-electron chi connectivity index (χ1n) is 11.3. The van der Waals surface area contributed by atoms with Crippen LogP contribution in [0.1, 0.15) is 51.9 Å². The maximum Gasteiger partial charge on any atom is 0.410 e. The number of rotatable bonds is 4. The Morgan fingerprint density at radius 2 is 1.84 bits per heavy atom. The number of amides is 2. The van der Waals surface area contributed by atoms with Gasteiger partial charge in [0, 0.05) is 25.2 Å². The van der Waals surface area contributed by atoms with Crippen LogP contribution in [0.3, 0.4) is 0 Å². The van der Waals surface area contributed by atoms with Crippen molar-refractivity contribution in [2.45, 2.75) is 58.6 Å². The van der Waals surface area contributed by atoms with E-state index in [-0.39, 0.29) is 29.8 Å². The summed E-state index contributed by atoms with van der Waals surface area (Å²) >= 11 is 0. The van der Waals surface area contributed by atoms with Crippen LogP contribution in [-0.2, 0) is 15.1 Å². The summed E-state index contributed by atoms with van der Waals surface area (Å²) in [5.41, 5.74) is 1.26. The van der Waals surface area contributed by atoms with Crippen LogP contribution in [0, 0.1) is 30.6 Å². The normalized spacial score (nSPS) is 27.0. The zero-order valence-electron chi connectivity index (χ0n) is 19.0. The maximum absolute atomic E-state index is 13.3. The number of carbonyl (C=O) groups excluding carboxylic acids is 2. The molecule has 31 heavy (non-hydrogen) atoms. The van der Waals surface area contributed by atoms with E-state index < -0.39 is 11.1 Å². The predicted octanol–water partition coefficient (Wildman–Crippen LogP) is 3.50. The summed E-state index contributed by atoms with van der Waals surface area (Å²) in [6, 6.07) is 4.11. The molecule has 0 bridgehead atoms. The molecule has 3 aliphatic rings. The lowest BCUT2D eigenvalue weighted by Crippen LogP contribution is -2.48. The molecule has 2 amide bonds. The average Bonchev–Trinajstić information content (AvgIpc) is 3.55. The zero-order chi connectivity index (χ0) is 22.1. The predicted molar refractivity (Wildman–Crippen MR) is 116 cm³/mol. The molecule has 7 heteroatoms. The van der Waals surface area contributed by atoms with Crippen molar-refractivity contribution in [1.29, 1.82) is 0 Å². The summed E-state index contributed by atoms with van der Waals surface area (Å²) in [6.45, 7) is 11.0. The molecule has 4 atom stereocenters. The van der Waals surface area contributed by atoms with Gasteiger partial charge in [-0.3, -0.25) is 4.79 Å². The van der Waals surface area contributed by atoms with E-state index in [0.717, 1.165) is 24.2 Å². The number of piperidine rings is 1. The van der Waals surface area contributed by atoms with Gasteiger partial charge in [-0.25, -0.2) is 9.78 Å². The smallest absolute Gasteiger partial charge is 0.410 e. The number of aryl methyl sites for hydroxylation is 1. The molecule has 1 N–H and O–H groups in total. The molecule has 1 saturated heterocycles. The highest BCUT2D eigenvalue weighted by molar-refractivity contribution is 5.84. The maximum atomic E-state index is 13.3. The van der Waals surface area contributed by atoms with Gasteiger partial charge in [-0.1, -0.05) is 6.07 Å². The highest BCUT2D eigenvalue weighted by Crippen LogP contribution is 2.53. The third kappa shape index (κ3) is 3.48. The van der Waals surface area contributed by atoms with E-state index in [1.54, 1.807) is 4.90 Å². The Morgan fingerprint density at radius 1 is 1.16 bits per heavy atom. The lowest BCUT2D eigenvalue weighted by atomic mass is 9.93. The monoisotopic (exact) mass is 424 g/mol. The van der Waals surface area contributed by atoms with Crippen LogP contribution in [0.4, 0.5) is 4.79 Å². The third-order valence-electron chi connectivity index (χ3n) is 7.17. The molecule has 2 saturated carbocycles. The molecule has 0 aromatic carbocycles. The standard InChI is InChI=1S/C24H32N4O3/c1-14-7-6-10-28-18(14)11-25-21(28)24(5,15-8-9-15)26-20(29)19-16-12-27(13-17(16)19)22(30)31-23(2,3)4/h6-7,10-11,15-17,19H,8-9,12-13H2,1-5H3,(H,26,29)/t16-,17+,19+,24?. The fourth-order valence-corrected chi connectivity index (χ4v) is 5.28. The summed E-state index contributed by atoms with van der Waals surface area (Å²) in [4.78, 5) is 32.1. The van der Waals surface area contributed by atoms with Crippen molar-refractivity contribution in [3.05, 3.63) is 35.9 Å². The van der Waals surface area contributed by atoms with Gasteiger partial charge in [0.05, 0.1) is 17.3 Å². The van der Waals surface area contributed by atoms with Crippen LogP contribution in [-0.4, -0.2) is 45.0 Å². The van der Waals surface area contributed by atoms with E-state index in [1.807, 2.05) is 39.2 Å². The minimum Gasteiger partial charge on any atom is -0.444 e. The Labute approximate surface area is 183 Å². The second kappa shape index (κ2) is 6.71. The van der Waals surface area contributed by atoms with Crippen molar-refractivity contribution >= 4 is 17.5 Å². The molecule has 3 fully saturated rings. The number of pyridine rings is 1. The number of nitrogens with zero attached hydrogens (tertiary/aromatic N) is 3. The number of fused-ring (bicyclic) bond motifs is 2. The van der Waals surface area contributed by atoms with Gasteiger partial charge in [0.1, 0.15) is 11.4 Å². The second-order valence-electron chi connectivity index (χ2n) is 10.7. The fraction of sp³-hybridized carbons (Fsp3) is 0.625. The van der Waals surface area contributed by atoms with Crippen molar-refractivity contribution in [2.24, 2.45) is 23.7 Å². The van der Waals surface area contributed by atoms with Crippen molar-refractivity contribution in [2.75, 3.05) is 13.1 Å². The second-order valence-corrected chi connectivity index (χ2v) is 10.7. The molecule has 2 aromatic rings. The van der Waals surface area contributed by atoms with Crippen molar-refractivity contribution < 1.29 is 14.3 Å². The number of likely N-dealkylation sites (tertiary alicyclic amines) is 1. The number of aromatic nitrogens is 2. The number of imidazole rings is 1. The van der Waals surface area contributed by atoms with E-state index in [0.29, 0.717) is 19.0 Å². The first-order chi connectivity index (χ1) is 14.6. The molecular weight excluding hydrogens is 392 g/mol.